The molecule has 1 heterocycles. The van der Waals surface area contributed by atoms with Crippen LogP contribution in [0.2, 0.25) is 5.02 Å². The van der Waals surface area contributed by atoms with Crippen LogP contribution in [0.25, 0.3) is 0 Å². The van der Waals surface area contributed by atoms with Crippen LogP contribution >= 0.6 is 11.6 Å². The van der Waals surface area contributed by atoms with Crippen molar-refractivity contribution in [1.82, 2.24) is 4.98 Å². The van der Waals surface area contributed by atoms with E-state index < -0.39 is 5.41 Å². The van der Waals surface area contributed by atoms with E-state index in [1.165, 1.54) is 6.20 Å². The molecule has 0 radical (unpaired) electrons. The Balaban J connectivity index is 1.49. The Hall–Kier alpha value is -3.56. The van der Waals surface area contributed by atoms with E-state index in [0.29, 0.717) is 22.0 Å². The van der Waals surface area contributed by atoms with E-state index in [1.54, 1.807) is 18.2 Å². The summed E-state index contributed by atoms with van der Waals surface area (Å²) < 4.78 is 5.91. The Labute approximate surface area is 185 Å². The molecule has 1 saturated carbocycles. The zero-order chi connectivity index (χ0) is 22.0. The van der Waals surface area contributed by atoms with Crippen LogP contribution in [0.3, 0.4) is 0 Å². The molecule has 0 saturated heterocycles. The highest BCUT2D eigenvalue weighted by Crippen LogP contribution is 2.47. The Bertz CT molecular complexity index is 1180. The molecule has 1 aliphatic carbocycles. The van der Waals surface area contributed by atoms with Gasteiger partial charge in [0.15, 0.2) is 11.6 Å². The summed E-state index contributed by atoms with van der Waals surface area (Å²) in [6.45, 7) is 1.88. The number of nitrogen functional groups attached to an aromatic ring is 1. The molecule has 3 aromatic rings. The van der Waals surface area contributed by atoms with E-state index >= 15 is 0 Å². The van der Waals surface area contributed by atoms with Crippen LogP contribution in [0.4, 0.5) is 11.5 Å². The summed E-state index contributed by atoms with van der Waals surface area (Å²) in [5.41, 5.74) is 8.34. The molecule has 31 heavy (non-hydrogen) atoms. The van der Waals surface area contributed by atoms with Crippen LogP contribution < -0.4 is 15.8 Å². The summed E-state index contributed by atoms with van der Waals surface area (Å²) in [5.74, 6) is 0.425. The fourth-order valence-corrected chi connectivity index (χ4v) is 3.55. The molecule has 0 aliphatic heterocycles. The SMILES string of the molecule is CC(Oc1cc(Cl)cnc1N)c1cccc(NC(=O)c2cccc(C3(C#N)CC3)c2)c1. The van der Waals surface area contributed by atoms with Gasteiger partial charge in [0.2, 0.25) is 0 Å². The standard InChI is InChI=1S/C24H21ClN4O2/c1-15(31-21-12-19(25)13-28-22(21)27)16-4-3-7-20(11-16)29-23(30)17-5-2-6-18(10-17)24(14-26)8-9-24/h2-7,10-13,15H,8-9H2,1H3,(H2,27,28)(H,29,30). The zero-order valence-corrected chi connectivity index (χ0v) is 17.7. The van der Waals surface area contributed by atoms with Gasteiger partial charge in [0.1, 0.15) is 6.10 Å². The largest absolute Gasteiger partial charge is 0.482 e. The quantitative estimate of drug-likeness (QED) is 0.552. The normalized spacial score (nSPS) is 14.9. The summed E-state index contributed by atoms with van der Waals surface area (Å²) in [4.78, 5) is 16.8. The number of hydrogen-bond donors (Lipinski definition) is 2. The zero-order valence-electron chi connectivity index (χ0n) is 16.9. The van der Waals surface area contributed by atoms with Gasteiger partial charge in [-0.2, -0.15) is 5.26 Å². The van der Waals surface area contributed by atoms with Crippen molar-refractivity contribution in [3.63, 3.8) is 0 Å². The molecule has 1 unspecified atom stereocenters. The highest BCUT2D eigenvalue weighted by Gasteiger charge is 2.45. The number of amides is 1. The molecule has 156 valence electrons. The summed E-state index contributed by atoms with van der Waals surface area (Å²) in [6, 6.07) is 18.7. The van der Waals surface area contributed by atoms with E-state index in [1.807, 2.05) is 43.3 Å². The molecule has 3 N–H and O–H groups in total. The minimum absolute atomic E-state index is 0.232. The van der Waals surface area contributed by atoms with Gasteiger partial charge < -0.3 is 15.8 Å². The Morgan fingerprint density at radius 3 is 2.77 bits per heavy atom. The number of hydrogen-bond acceptors (Lipinski definition) is 5. The number of pyridine rings is 1. The van der Waals surface area contributed by atoms with Crippen molar-refractivity contribution in [3.05, 3.63) is 82.5 Å². The van der Waals surface area contributed by atoms with Gasteiger partial charge in [0.25, 0.3) is 5.91 Å². The molecule has 1 fully saturated rings. The van der Waals surface area contributed by atoms with Crippen molar-refractivity contribution in [2.24, 2.45) is 0 Å². The third-order valence-electron chi connectivity index (χ3n) is 5.41. The Morgan fingerprint density at radius 1 is 1.26 bits per heavy atom. The number of nitrogens with zero attached hydrogens (tertiary/aromatic N) is 2. The highest BCUT2D eigenvalue weighted by molar-refractivity contribution is 6.30. The van der Waals surface area contributed by atoms with Crippen LogP contribution in [-0.4, -0.2) is 10.9 Å². The fourth-order valence-electron chi connectivity index (χ4n) is 3.40. The summed E-state index contributed by atoms with van der Waals surface area (Å²) >= 11 is 5.98. The lowest BCUT2D eigenvalue weighted by Crippen LogP contribution is -2.14. The molecule has 7 heteroatoms. The molecule has 1 amide bonds. The molecular weight excluding hydrogens is 412 g/mol. The van der Waals surface area contributed by atoms with Gasteiger partial charge in [-0.3, -0.25) is 4.79 Å². The highest BCUT2D eigenvalue weighted by atomic mass is 35.5. The fraction of sp³-hybridized carbons (Fsp3) is 0.208. The topological polar surface area (TPSA) is 101 Å². The number of nitriles is 1. The number of halogens is 1. The third kappa shape index (κ3) is 4.47. The van der Waals surface area contributed by atoms with Crippen LogP contribution in [0.5, 0.6) is 5.75 Å². The molecule has 6 nitrogen and oxygen atoms in total. The summed E-state index contributed by atoms with van der Waals surface area (Å²) in [7, 11) is 0. The molecular formula is C24H21ClN4O2. The maximum Gasteiger partial charge on any atom is 0.255 e. The van der Waals surface area contributed by atoms with Crippen molar-refractivity contribution in [1.29, 1.82) is 5.26 Å². The van der Waals surface area contributed by atoms with E-state index in [9.17, 15) is 10.1 Å². The summed E-state index contributed by atoms with van der Waals surface area (Å²) in [6.07, 6.45) is 2.79. The number of benzene rings is 2. The van der Waals surface area contributed by atoms with Crippen LogP contribution in [0.15, 0.2) is 60.8 Å². The van der Waals surface area contributed by atoms with Gasteiger partial charge in [-0.1, -0.05) is 35.9 Å². The number of carbonyl (C=O) groups excluding carboxylic acids is 1. The lowest BCUT2D eigenvalue weighted by molar-refractivity contribution is 0.102. The average molecular weight is 433 g/mol. The number of rotatable bonds is 6. The lowest BCUT2D eigenvalue weighted by atomic mass is 9.96. The number of carbonyl (C=O) groups is 1. The van der Waals surface area contributed by atoms with Gasteiger partial charge in [0, 0.05) is 23.5 Å². The number of aromatic nitrogens is 1. The molecule has 4 rings (SSSR count). The van der Waals surface area contributed by atoms with Crippen molar-refractivity contribution in [2.75, 3.05) is 11.1 Å². The Morgan fingerprint density at radius 2 is 2.03 bits per heavy atom. The first kappa shape index (κ1) is 20.7. The predicted octanol–water partition coefficient (Wildman–Crippen LogP) is 5.26. The average Bonchev–Trinajstić information content (AvgIpc) is 3.58. The second-order valence-electron chi connectivity index (χ2n) is 7.65. The van der Waals surface area contributed by atoms with Crippen LogP contribution in [0.1, 0.15) is 47.4 Å². The molecule has 0 bridgehead atoms. The second-order valence-corrected chi connectivity index (χ2v) is 8.09. The van der Waals surface area contributed by atoms with Gasteiger partial charge in [0.05, 0.1) is 16.5 Å². The molecule has 2 aromatic carbocycles. The molecule has 1 atom stereocenters. The molecule has 1 aliphatic rings. The number of anilines is 2. The minimum Gasteiger partial charge on any atom is -0.482 e. The summed E-state index contributed by atoms with van der Waals surface area (Å²) in [5, 5.41) is 12.8. The predicted molar refractivity (Wildman–Crippen MR) is 120 cm³/mol. The van der Waals surface area contributed by atoms with Crippen LogP contribution in [-0.2, 0) is 5.41 Å². The van der Waals surface area contributed by atoms with E-state index in [-0.39, 0.29) is 17.8 Å². The first-order valence-electron chi connectivity index (χ1n) is 9.91. The van der Waals surface area contributed by atoms with Crippen molar-refractivity contribution >= 4 is 29.0 Å². The van der Waals surface area contributed by atoms with Crippen molar-refractivity contribution in [3.8, 4) is 11.8 Å². The van der Waals surface area contributed by atoms with Gasteiger partial charge in [-0.15, -0.1) is 0 Å². The maximum atomic E-state index is 12.8. The van der Waals surface area contributed by atoms with E-state index in [2.05, 4.69) is 16.4 Å². The molecule has 0 spiro atoms. The third-order valence-corrected chi connectivity index (χ3v) is 5.61. The van der Waals surface area contributed by atoms with Gasteiger partial charge in [-0.05, 0) is 55.2 Å². The second kappa shape index (κ2) is 8.29. The monoisotopic (exact) mass is 432 g/mol. The van der Waals surface area contributed by atoms with Gasteiger partial charge >= 0.3 is 0 Å². The number of nitrogens with two attached hydrogens (primary N) is 1. The van der Waals surface area contributed by atoms with Crippen LogP contribution in [0, 0.1) is 11.3 Å². The van der Waals surface area contributed by atoms with Crippen molar-refractivity contribution < 1.29 is 9.53 Å². The van der Waals surface area contributed by atoms with E-state index in [4.69, 9.17) is 22.1 Å². The minimum atomic E-state index is -0.431. The number of nitrogens with one attached hydrogen (secondary N) is 1. The smallest absolute Gasteiger partial charge is 0.255 e. The number of ether oxygens (including phenoxy) is 1. The molecule has 1 aromatic heterocycles. The van der Waals surface area contributed by atoms with E-state index in [0.717, 1.165) is 24.0 Å². The first-order chi connectivity index (χ1) is 14.9. The first-order valence-corrected chi connectivity index (χ1v) is 10.3. The Kier molecular flexibility index (Phi) is 5.53. The van der Waals surface area contributed by atoms with Crippen molar-refractivity contribution in [2.45, 2.75) is 31.3 Å². The van der Waals surface area contributed by atoms with Gasteiger partial charge in [-0.25, -0.2) is 4.98 Å². The maximum absolute atomic E-state index is 12.8. The lowest BCUT2D eigenvalue weighted by Gasteiger charge is -2.17.